The Bertz CT molecular complexity index is 1480. The lowest BCUT2D eigenvalue weighted by Gasteiger charge is -2.34. The highest BCUT2D eigenvalue weighted by Crippen LogP contribution is 2.33. The Morgan fingerprint density at radius 3 is 2.42 bits per heavy atom. The van der Waals surface area contributed by atoms with Crippen LogP contribution in [-0.2, 0) is 13.0 Å². The summed E-state index contributed by atoms with van der Waals surface area (Å²) in [5.74, 6) is 1.80. The number of carbonyl (C=O) groups is 1. The van der Waals surface area contributed by atoms with Gasteiger partial charge >= 0.3 is 0 Å². The molecule has 0 radical (unpaired) electrons. The van der Waals surface area contributed by atoms with E-state index < -0.39 is 0 Å². The summed E-state index contributed by atoms with van der Waals surface area (Å²) in [6, 6.07) is 21.1. The number of rotatable bonds is 10. The molecular weight excluding hydrogens is 500 g/mol. The molecule has 210 valence electrons. The summed E-state index contributed by atoms with van der Waals surface area (Å²) in [6.45, 7) is 13.3. The number of piperazine rings is 1. The minimum Gasteiger partial charge on any atom is -0.454 e. The standard InChI is InChI=1S/C33H40N4O3/c1-3-34(4-2)15-7-16-37-29-9-6-5-8-27(29)28-23-26(11-12-30(28)37)33(38)36-20-18-35(19-21-36)17-14-25-10-13-31-32(22-25)40-24-39-31/h5-6,8-13,22-23H,3-4,7,14-21,24H2,1-2H3. The van der Waals surface area contributed by atoms with Crippen molar-refractivity contribution >= 4 is 27.7 Å². The Kier molecular flexibility index (Phi) is 7.93. The van der Waals surface area contributed by atoms with Gasteiger partial charge in [-0.25, -0.2) is 0 Å². The van der Waals surface area contributed by atoms with Crippen LogP contribution in [0.4, 0.5) is 0 Å². The van der Waals surface area contributed by atoms with E-state index in [-0.39, 0.29) is 5.91 Å². The molecule has 6 rings (SSSR count). The Balaban J connectivity index is 1.10. The fourth-order valence-corrected chi connectivity index (χ4v) is 6.16. The predicted molar refractivity (Wildman–Crippen MR) is 160 cm³/mol. The number of hydrogen-bond donors (Lipinski definition) is 0. The third kappa shape index (κ3) is 5.40. The molecule has 0 bridgehead atoms. The highest BCUT2D eigenvalue weighted by molar-refractivity contribution is 6.10. The van der Waals surface area contributed by atoms with E-state index >= 15 is 0 Å². The fourth-order valence-electron chi connectivity index (χ4n) is 6.16. The van der Waals surface area contributed by atoms with Gasteiger partial charge in [0.05, 0.1) is 0 Å². The van der Waals surface area contributed by atoms with Crippen LogP contribution < -0.4 is 9.47 Å². The van der Waals surface area contributed by atoms with Crippen molar-refractivity contribution in [3.63, 3.8) is 0 Å². The summed E-state index contributed by atoms with van der Waals surface area (Å²) >= 11 is 0. The third-order valence-electron chi connectivity index (χ3n) is 8.58. The fraction of sp³-hybridized carbons (Fsp3) is 0.424. The van der Waals surface area contributed by atoms with E-state index in [9.17, 15) is 4.79 Å². The number of amides is 1. The second-order valence-electron chi connectivity index (χ2n) is 10.9. The van der Waals surface area contributed by atoms with Gasteiger partial charge in [-0.15, -0.1) is 0 Å². The summed E-state index contributed by atoms with van der Waals surface area (Å²) in [5.41, 5.74) is 4.50. The quantitative estimate of drug-likeness (QED) is 0.275. The minimum absolute atomic E-state index is 0.135. The Hall–Kier alpha value is -3.55. The van der Waals surface area contributed by atoms with E-state index in [0.717, 1.165) is 88.8 Å². The van der Waals surface area contributed by atoms with E-state index in [2.05, 4.69) is 76.7 Å². The Labute approximate surface area is 236 Å². The molecule has 2 aliphatic rings. The molecule has 0 spiro atoms. The first-order chi connectivity index (χ1) is 19.6. The molecule has 0 saturated carbocycles. The smallest absolute Gasteiger partial charge is 0.253 e. The third-order valence-corrected chi connectivity index (χ3v) is 8.58. The van der Waals surface area contributed by atoms with Crippen LogP contribution in [0.2, 0.25) is 0 Å². The lowest BCUT2D eigenvalue weighted by Crippen LogP contribution is -2.49. The molecule has 4 aromatic rings. The molecule has 7 nitrogen and oxygen atoms in total. The van der Waals surface area contributed by atoms with Crippen LogP contribution >= 0.6 is 0 Å². The average Bonchev–Trinajstić information content (AvgIpc) is 3.60. The van der Waals surface area contributed by atoms with Crippen LogP contribution in [0.3, 0.4) is 0 Å². The maximum Gasteiger partial charge on any atom is 0.253 e. The van der Waals surface area contributed by atoms with E-state index in [0.29, 0.717) is 6.79 Å². The monoisotopic (exact) mass is 540 g/mol. The van der Waals surface area contributed by atoms with Gasteiger partial charge in [-0.2, -0.15) is 0 Å². The highest BCUT2D eigenvalue weighted by Gasteiger charge is 2.23. The first-order valence-electron chi connectivity index (χ1n) is 14.8. The zero-order valence-electron chi connectivity index (χ0n) is 23.8. The van der Waals surface area contributed by atoms with Gasteiger partial charge in [0.25, 0.3) is 5.91 Å². The molecule has 7 heteroatoms. The van der Waals surface area contributed by atoms with Crippen molar-refractivity contribution in [2.75, 3.05) is 59.2 Å². The van der Waals surface area contributed by atoms with Gasteiger partial charge < -0.3 is 23.8 Å². The van der Waals surface area contributed by atoms with Gasteiger partial charge in [-0.05, 0) is 74.4 Å². The van der Waals surface area contributed by atoms with Crippen LogP contribution in [0.15, 0.2) is 60.7 Å². The second kappa shape index (κ2) is 11.9. The van der Waals surface area contributed by atoms with Gasteiger partial charge in [0.2, 0.25) is 6.79 Å². The van der Waals surface area contributed by atoms with Crippen LogP contribution in [0.25, 0.3) is 21.8 Å². The zero-order valence-corrected chi connectivity index (χ0v) is 23.8. The number of ether oxygens (including phenoxy) is 2. The molecule has 1 fully saturated rings. The maximum atomic E-state index is 13.6. The summed E-state index contributed by atoms with van der Waals surface area (Å²) in [4.78, 5) is 20.5. The molecule has 0 N–H and O–H groups in total. The van der Waals surface area contributed by atoms with Gasteiger partial charge in [0.15, 0.2) is 11.5 Å². The number of aryl methyl sites for hydroxylation is 1. The van der Waals surface area contributed by atoms with Crippen molar-refractivity contribution in [2.24, 2.45) is 0 Å². The summed E-state index contributed by atoms with van der Waals surface area (Å²) in [6.07, 6.45) is 2.06. The van der Waals surface area contributed by atoms with Crippen LogP contribution in [0, 0.1) is 0 Å². The van der Waals surface area contributed by atoms with Crippen LogP contribution in [0.1, 0.15) is 36.2 Å². The lowest BCUT2D eigenvalue weighted by atomic mass is 10.1. The van der Waals surface area contributed by atoms with Crippen LogP contribution in [-0.4, -0.2) is 84.3 Å². The van der Waals surface area contributed by atoms with Crippen molar-refractivity contribution in [3.8, 4) is 11.5 Å². The predicted octanol–water partition coefficient (Wildman–Crippen LogP) is 5.26. The topological polar surface area (TPSA) is 50.2 Å². The first kappa shape index (κ1) is 26.7. The first-order valence-corrected chi connectivity index (χ1v) is 14.8. The number of benzene rings is 3. The molecule has 1 saturated heterocycles. The summed E-state index contributed by atoms with van der Waals surface area (Å²) in [7, 11) is 0. The molecule has 3 aromatic carbocycles. The van der Waals surface area contributed by atoms with Crippen LogP contribution in [0.5, 0.6) is 11.5 Å². The maximum absolute atomic E-state index is 13.6. The van der Waals surface area contributed by atoms with Crippen molar-refractivity contribution in [1.82, 2.24) is 19.3 Å². The molecule has 1 amide bonds. The number of nitrogens with zero attached hydrogens (tertiary/aromatic N) is 4. The summed E-state index contributed by atoms with van der Waals surface area (Å²) in [5, 5.41) is 2.40. The molecule has 2 aliphatic heterocycles. The number of aromatic nitrogens is 1. The molecule has 3 heterocycles. The number of fused-ring (bicyclic) bond motifs is 4. The van der Waals surface area contributed by atoms with Gasteiger partial charge in [-0.1, -0.05) is 38.1 Å². The van der Waals surface area contributed by atoms with Crippen molar-refractivity contribution < 1.29 is 14.3 Å². The molecule has 0 aliphatic carbocycles. The zero-order chi connectivity index (χ0) is 27.5. The highest BCUT2D eigenvalue weighted by atomic mass is 16.7. The van der Waals surface area contributed by atoms with Gasteiger partial charge in [0, 0.05) is 66.6 Å². The van der Waals surface area contributed by atoms with Crippen molar-refractivity contribution in [3.05, 3.63) is 71.8 Å². The molecule has 40 heavy (non-hydrogen) atoms. The normalized spacial score (nSPS) is 15.5. The van der Waals surface area contributed by atoms with Gasteiger partial charge in [0.1, 0.15) is 0 Å². The lowest BCUT2D eigenvalue weighted by molar-refractivity contribution is 0.0638. The van der Waals surface area contributed by atoms with E-state index in [4.69, 9.17) is 9.47 Å². The Morgan fingerprint density at radius 1 is 0.825 bits per heavy atom. The number of para-hydroxylation sites is 1. The van der Waals surface area contributed by atoms with Crippen molar-refractivity contribution in [1.29, 1.82) is 0 Å². The largest absolute Gasteiger partial charge is 0.454 e. The minimum atomic E-state index is 0.135. The second-order valence-corrected chi connectivity index (χ2v) is 10.9. The average molecular weight is 541 g/mol. The molecule has 0 atom stereocenters. The molecule has 0 unspecified atom stereocenters. The van der Waals surface area contributed by atoms with E-state index in [1.54, 1.807) is 0 Å². The molecule has 1 aromatic heterocycles. The van der Waals surface area contributed by atoms with Crippen molar-refractivity contribution in [2.45, 2.75) is 33.2 Å². The molecular formula is C33H40N4O3. The number of hydrogen-bond acceptors (Lipinski definition) is 5. The van der Waals surface area contributed by atoms with Gasteiger partial charge in [-0.3, -0.25) is 9.69 Å². The van der Waals surface area contributed by atoms with E-state index in [1.807, 2.05) is 17.0 Å². The van der Waals surface area contributed by atoms with E-state index in [1.165, 1.54) is 27.4 Å². The Morgan fingerprint density at radius 2 is 1.60 bits per heavy atom. The number of carbonyl (C=O) groups excluding carboxylic acids is 1. The SMILES string of the molecule is CCN(CC)CCCn1c2ccccc2c2cc(C(=O)N3CCN(CCc4ccc5c(c4)OCO5)CC3)ccc21. The summed E-state index contributed by atoms with van der Waals surface area (Å²) < 4.78 is 13.4.